The second-order valence-electron chi connectivity index (χ2n) is 11.4. The molecule has 144 valence electrons. The van der Waals surface area contributed by atoms with Crippen molar-refractivity contribution in [3.63, 3.8) is 0 Å². The first-order valence-corrected chi connectivity index (χ1v) is 11.0. The highest BCUT2D eigenvalue weighted by atomic mass is 16.3. The summed E-state index contributed by atoms with van der Waals surface area (Å²) in [6.45, 7) is 11.7. The average Bonchev–Trinajstić information content (AvgIpc) is 2.86. The summed E-state index contributed by atoms with van der Waals surface area (Å²) in [6, 6.07) is 0. The molecule has 2 nitrogen and oxygen atoms in total. The van der Waals surface area contributed by atoms with Crippen LogP contribution in [-0.4, -0.2) is 21.9 Å². The third-order valence-electron chi connectivity index (χ3n) is 9.97. The summed E-state index contributed by atoms with van der Waals surface area (Å²) in [5.41, 5.74) is 0.349. The van der Waals surface area contributed by atoms with Crippen LogP contribution >= 0.6 is 0 Å². The molecule has 1 unspecified atom stereocenters. The van der Waals surface area contributed by atoms with Gasteiger partial charge in [-0.2, -0.15) is 0 Å². The van der Waals surface area contributed by atoms with Crippen LogP contribution in [0, 0.1) is 46.3 Å². The van der Waals surface area contributed by atoms with Crippen LogP contribution in [0.1, 0.15) is 86.0 Å². The zero-order chi connectivity index (χ0) is 18.2. The Kier molecular flexibility index (Phi) is 4.18. The first-order chi connectivity index (χ1) is 11.6. The fourth-order valence-corrected chi connectivity index (χ4v) is 8.65. The van der Waals surface area contributed by atoms with Gasteiger partial charge in [-0.3, -0.25) is 0 Å². The van der Waals surface area contributed by atoms with Crippen molar-refractivity contribution < 1.29 is 10.2 Å². The Bertz CT molecular complexity index is 526. The minimum Gasteiger partial charge on any atom is -0.393 e. The Labute approximate surface area is 154 Å². The number of hydrogen-bond acceptors (Lipinski definition) is 2. The van der Waals surface area contributed by atoms with Gasteiger partial charge in [-0.15, -0.1) is 0 Å². The van der Waals surface area contributed by atoms with Crippen molar-refractivity contribution in [1.29, 1.82) is 0 Å². The summed E-state index contributed by atoms with van der Waals surface area (Å²) < 4.78 is 0. The van der Waals surface area contributed by atoms with Gasteiger partial charge in [-0.25, -0.2) is 0 Å². The van der Waals surface area contributed by atoms with Crippen molar-refractivity contribution in [3.8, 4) is 0 Å². The lowest BCUT2D eigenvalue weighted by molar-refractivity contribution is -0.167. The van der Waals surface area contributed by atoms with Gasteiger partial charge in [0.15, 0.2) is 0 Å². The van der Waals surface area contributed by atoms with Gasteiger partial charge in [-0.05, 0) is 112 Å². The van der Waals surface area contributed by atoms with Crippen molar-refractivity contribution in [2.45, 2.75) is 97.7 Å². The molecule has 10 atom stereocenters. The second kappa shape index (κ2) is 5.71. The van der Waals surface area contributed by atoms with Crippen molar-refractivity contribution in [3.05, 3.63) is 0 Å². The third-order valence-corrected chi connectivity index (χ3v) is 9.97. The van der Waals surface area contributed by atoms with E-state index in [2.05, 4.69) is 27.7 Å². The van der Waals surface area contributed by atoms with Crippen LogP contribution in [0.15, 0.2) is 0 Å². The van der Waals surface area contributed by atoms with E-state index >= 15 is 0 Å². The zero-order valence-electron chi connectivity index (χ0n) is 17.1. The van der Waals surface area contributed by atoms with Crippen LogP contribution in [0.4, 0.5) is 0 Å². The van der Waals surface area contributed by atoms with Crippen molar-refractivity contribution in [2.24, 2.45) is 46.3 Å². The molecule has 0 aromatic carbocycles. The molecule has 0 spiro atoms. The van der Waals surface area contributed by atoms with Gasteiger partial charge < -0.3 is 10.2 Å². The lowest BCUT2D eigenvalue weighted by atomic mass is 9.42. The molecule has 0 saturated heterocycles. The van der Waals surface area contributed by atoms with Crippen LogP contribution in [0.3, 0.4) is 0 Å². The molecule has 4 rings (SSSR count). The van der Waals surface area contributed by atoms with E-state index in [1.165, 1.54) is 38.5 Å². The summed E-state index contributed by atoms with van der Waals surface area (Å²) >= 11 is 0. The van der Waals surface area contributed by atoms with E-state index in [0.29, 0.717) is 22.7 Å². The summed E-state index contributed by atoms with van der Waals surface area (Å²) in [4.78, 5) is 0. The summed E-state index contributed by atoms with van der Waals surface area (Å²) in [5.74, 6) is 4.46. The minimum absolute atomic E-state index is 0.154. The smallest absolute Gasteiger partial charge is 0.0622 e. The number of hydrogen-bond donors (Lipinski definition) is 2. The predicted molar refractivity (Wildman–Crippen MR) is 102 cm³/mol. The molecule has 2 heteroatoms. The monoisotopic (exact) mass is 348 g/mol. The Morgan fingerprint density at radius 2 is 1.60 bits per heavy atom. The fraction of sp³-hybridized carbons (Fsp3) is 1.00. The van der Waals surface area contributed by atoms with E-state index < -0.39 is 5.60 Å². The molecule has 25 heavy (non-hydrogen) atoms. The quantitative estimate of drug-likeness (QED) is 0.698. The molecular formula is C23H40O2. The fourth-order valence-electron chi connectivity index (χ4n) is 8.65. The molecule has 0 aliphatic heterocycles. The average molecular weight is 349 g/mol. The topological polar surface area (TPSA) is 40.5 Å². The molecule has 0 aromatic rings. The molecule has 0 heterocycles. The molecule has 0 radical (unpaired) electrons. The highest BCUT2D eigenvalue weighted by Crippen LogP contribution is 2.69. The van der Waals surface area contributed by atoms with E-state index in [0.717, 1.165) is 36.5 Å². The molecule has 0 bridgehead atoms. The summed E-state index contributed by atoms with van der Waals surface area (Å²) in [7, 11) is 0. The van der Waals surface area contributed by atoms with E-state index in [4.69, 9.17) is 0 Å². The number of aliphatic hydroxyl groups excluding tert-OH is 1. The SMILES string of the molecule is CC(O)[C@H]1CC[C@H]2[C@@H]3[C@@H](C)C[C@H]4C[C@](C)(O)CC[C@]4(C)[C@H]3CC[C@]12C. The maximum atomic E-state index is 10.7. The van der Waals surface area contributed by atoms with Crippen molar-refractivity contribution >= 4 is 0 Å². The second-order valence-corrected chi connectivity index (χ2v) is 11.4. The lowest BCUT2D eigenvalue weighted by Gasteiger charge is -2.63. The standard InChI is InChI=1S/C23H40O2/c1-14-12-16-13-21(3,25)10-11-22(16,4)19-8-9-23(5)17(15(2)24)6-7-18(23)20(14)19/h14-20,24-25H,6-13H2,1-5H3/t14-,15?,16-,17+,18-,19-,20-,21+,22-,23+/m0/s1. The molecule has 0 amide bonds. The normalized spacial score (nSPS) is 59.6. The largest absolute Gasteiger partial charge is 0.393 e. The molecule has 2 N–H and O–H groups in total. The minimum atomic E-state index is -0.440. The van der Waals surface area contributed by atoms with Gasteiger partial charge in [0.05, 0.1) is 11.7 Å². The van der Waals surface area contributed by atoms with E-state index in [1.54, 1.807) is 0 Å². The van der Waals surface area contributed by atoms with Crippen LogP contribution in [-0.2, 0) is 0 Å². The van der Waals surface area contributed by atoms with Gasteiger partial charge in [0, 0.05) is 0 Å². The van der Waals surface area contributed by atoms with Gasteiger partial charge in [0.25, 0.3) is 0 Å². The lowest BCUT2D eigenvalue weighted by Crippen LogP contribution is -2.58. The van der Waals surface area contributed by atoms with E-state index in [-0.39, 0.29) is 6.10 Å². The molecule has 4 fully saturated rings. The molecule has 0 aromatic heterocycles. The molecule has 4 saturated carbocycles. The Morgan fingerprint density at radius 3 is 2.28 bits per heavy atom. The highest BCUT2D eigenvalue weighted by molar-refractivity contribution is 5.11. The van der Waals surface area contributed by atoms with Gasteiger partial charge >= 0.3 is 0 Å². The van der Waals surface area contributed by atoms with E-state index in [1.807, 2.05) is 6.92 Å². The first kappa shape index (κ1) is 18.3. The van der Waals surface area contributed by atoms with Crippen LogP contribution < -0.4 is 0 Å². The number of fused-ring (bicyclic) bond motifs is 5. The molecular weight excluding hydrogens is 308 g/mol. The Morgan fingerprint density at radius 1 is 0.920 bits per heavy atom. The van der Waals surface area contributed by atoms with Crippen LogP contribution in [0.5, 0.6) is 0 Å². The predicted octanol–water partition coefficient (Wildman–Crippen LogP) is 5.02. The Balaban J connectivity index is 1.65. The summed E-state index contributed by atoms with van der Waals surface area (Å²) in [6.07, 6.45) is 9.56. The summed E-state index contributed by atoms with van der Waals surface area (Å²) in [5, 5.41) is 21.1. The van der Waals surface area contributed by atoms with Gasteiger partial charge in [0.1, 0.15) is 0 Å². The Hall–Kier alpha value is -0.0800. The number of rotatable bonds is 1. The van der Waals surface area contributed by atoms with Crippen molar-refractivity contribution in [2.75, 3.05) is 0 Å². The van der Waals surface area contributed by atoms with Gasteiger partial charge in [-0.1, -0.05) is 20.8 Å². The molecule has 4 aliphatic carbocycles. The number of aliphatic hydroxyl groups is 2. The van der Waals surface area contributed by atoms with Crippen molar-refractivity contribution in [1.82, 2.24) is 0 Å². The zero-order valence-corrected chi connectivity index (χ0v) is 17.1. The van der Waals surface area contributed by atoms with Gasteiger partial charge in [0.2, 0.25) is 0 Å². The maximum Gasteiger partial charge on any atom is 0.0622 e. The van der Waals surface area contributed by atoms with Crippen LogP contribution in [0.2, 0.25) is 0 Å². The highest BCUT2D eigenvalue weighted by Gasteiger charge is 2.62. The van der Waals surface area contributed by atoms with Crippen LogP contribution in [0.25, 0.3) is 0 Å². The first-order valence-electron chi connectivity index (χ1n) is 11.0. The third kappa shape index (κ3) is 2.57. The molecule has 4 aliphatic rings. The maximum absolute atomic E-state index is 10.7. The van der Waals surface area contributed by atoms with E-state index in [9.17, 15) is 10.2 Å².